The SMILES string of the molecule is C[C@H]1CCN(C(O)OCC2c3ccccc3-c3ccccc32)[C@@H]1C(=O)O. The van der Waals surface area contributed by atoms with Crippen molar-refractivity contribution in [2.75, 3.05) is 13.2 Å². The first-order valence-corrected chi connectivity index (χ1v) is 9.04. The van der Waals surface area contributed by atoms with Gasteiger partial charge in [-0.3, -0.25) is 4.79 Å². The predicted molar refractivity (Wildman–Crippen MR) is 97.6 cm³/mol. The normalized spacial score (nSPS) is 23.6. The minimum Gasteiger partial charge on any atom is -0.480 e. The Hall–Kier alpha value is -2.21. The van der Waals surface area contributed by atoms with Gasteiger partial charge < -0.3 is 14.9 Å². The molecule has 5 heteroatoms. The van der Waals surface area contributed by atoms with E-state index in [2.05, 4.69) is 24.3 Å². The van der Waals surface area contributed by atoms with Crippen LogP contribution in [0, 0.1) is 5.92 Å². The van der Waals surface area contributed by atoms with Crippen LogP contribution >= 0.6 is 0 Å². The van der Waals surface area contributed by atoms with Gasteiger partial charge in [-0.25, -0.2) is 4.90 Å². The largest absolute Gasteiger partial charge is 0.480 e. The van der Waals surface area contributed by atoms with Gasteiger partial charge in [-0.1, -0.05) is 55.5 Å². The van der Waals surface area contributed by atoms with Crippen molar-refractivity contribution in [1.82, 2.24) is 4.90 Å². The number of hydrogen-bond acceptors (Lipinski definition) is 4. The third kappa shape index (κ3) is 2.82. The second-order valence-electron chi connectivity index (χ2n) is 7.17. The summed E-state index contributed by atoms with van der Waals surface area (Å²) >= 11 is 0. The van der Waals surface area contributed by atoms with Crippen molar-refractivity contribution in [3.05, 3.63) is 59.7 Å². The molecule has 1 heterocycles. The van der Waals surface area contributed by atoms with E-state index >= 15 is 0 Å². The van der Waals surface area contributed by atoms with Crippen LogP contribution in [-0.4, -0.2) is 46.7 Å². The molecule has 2 aromatic carbocycles. The van der Waals surface area contributed by atoms with Gasteiger partial charge in [-0.15, -0.1) is 0 Å². The van der Waals surface area contributed by atoms with Crippen LogP contribution in [0.1, 0.15) is 30.4 Å². The first-order valence-electron chi connectivity index (χ1n) is 9.04. The van der Waals surface area contributed by atoms with Gasteiger partial charge in [-0.2, -0.15) is 0 Å². The molecule has 3 atom stereocenters. The van der Waals surface area contributed by atoms with E-state index in [0.717, 1.165) is 6.42 Å². The van der Waals surface area contributed by atoms with E-state index in [-0.39, 0.29) is 11.8 Å². The minimum atomic E-state index is -1.21. The average Bonchev–Trinajstić information content (AvgIpc) is 3.18. The van der Waals surface area contributed by atoms with E-state index in [1.165, 1.54) is 22.3 Å². The summed E-state index contributed by atoms with van der Waals surface area (Å²) in [5.41, 5.74) is 4.77. The van der Waals surface area contributed by atoms with Gasteiger partial charge in [-0.05, 0) is 34.6 Å². The van der Waals surface area contributed by atoms with E-state index in [0.29, 0.717) is 13.2 Å². The first-order chi connectivity index (χ1) is 12.6. The van der Waals surface area contributed by atoms with Crippen LogP contribution in [0.25, 0.3) is 11.1 Å². The van der Waals surface area contributed by atoms with Gasteiger partial charge in [0, 0.05) is 12.5 Å². The third-order valence-electron chi connectivity index (χ3n) is 5.65. The monoisotopic (exact) mass is 353 g/mol. The van der Waals surface area contributed by atoms with E-state index in [1.807, 2.05) is 31.2 Å². The lowest BCUT2D eigenvalue weighted by Gasteiger charge is -2.29. The number of nitrogens with zero attached hydrogens (tertiary/aromatic N) is 1. The summed E-state index contributed by atoms with van der Waals surface area (Å²) in [6.45, 7) is 2.73. The van der Waals surface area contributed by atoms with Crippen molar-refractivity contribution in [1.29, 1.82) is 0 Å². The highest BCUT2D eigenvalue weighted by atomic mass is 16.6. The predicted octanol–water partition coefficient (Wildman–Crippen LogP) is 2.89. The summed E-state index contributed by atoms with van der Waals surface area (Å²) < 4.78 is 5.77. The molecule has 0 bridgehead atoms. The van der Waals surface area contributed by atoms with Crippen LogP contribution in [0.4, 0.5) is 0 Å². The van der Waals surface area contributed by atoms with Gasteiger partial charge in [0.1, 0.15) is 6.04 Å². The second kappa shape index (κ2) is 6.83. The fourth-order valence-corrected chi connectivity index (χ4v) is 4.33. The Bertz CT molecular complexity index is 776. The van der Waals surface area contributed by atoms with Crippen molar-refractivity contribution in [2.45, 2.75) is 31.7 Å². The molecule has 1 aliphatic heterocycles. The number of rotatable bonds is 5. The Morgan fingerprint density at radius 1 is 1.15 bits per heavy atom. The third-order valence-corrected chi connectivity index (χ3v) is 5.65. The number of carboxylic acid groups (broad SMARTS) is 1. The van der Waals surface area contributed by atoms with Gasteiger partial charge in [0.2, 0.25) is 6.41 Å². The quantitative estimate of drug-likeness (QED) is 0.809. The van der Waals surface area contributed by atoms with Crippen molar-refractivity contribution < 1.29 is 19.7 Å². The molecule has 2 aromatic rings. The highest BCUT2D eigenvalue weighted by Crippen LogP contribution is 2.44. The van der Waals surface area contributed by atoms with Gasteiger partial charge in [0.25, 0.3) is 0 Å². The fourth-order valence-electron chi connectivity index (χ4n) is 4.33. The number of benzene rings is 2. The maximum Gasteiger partial charge on any atom is 0.321 e. The van der Waals surface area contributed by atoms with Crippen LogP contribution < -0.4 is 0 Å². The summed E-state index contributed by atoms with van der Waals surface area (Å²) in [5.74, 6) is -0.867. The van der Waals surface area contributed by atoms with Crippen molar-refractivity contribution in [3.63, 3.8) is 0 Å². The van der Waals surface area contributed by atoms with Crippen LogP contribution in [-0.2, 0) is 9.53 Å². The minimum absolute atomic E-state index is 0.00122. The molecule has 26 heavy (non-hydrogen) atoms. The summed E-state index contributed by atoms with van der Waals surface area (Å²) in [7, 11) is 0. The summed E-state index contributed by atoms with van der Waals surface area (Å²) in [6, 6.07) is 15.8. The molecule has 0 spiro atoms. The molecule has 1 fully saturated rings. The molecule has 0 amide bonds. The lowest BCUT2D eigenvalue weighted by molar-refractivity contribution is -0.205. The van der Waals surface area contributed by atoms with Crippen LogP contribution in [0.15, 0.2) is 48.5 Å². The number of carbonyl (C=O) groups is 1. The zero-order valence-corrected chi connectivity index (χ0v) is 14.7. The van der Waals surface area contributed by atoms with Crippen LogP contribution in [0.2, 0.25) is 0 Å². The molecule has 2 aliphatic rings. The zero-order valence-electron chi connectivity index (χ0n) is 14.7. The lowest BCUT2D eigenvalue weighted by Crippen LogP contribution is -2.46. The number of likely N-dealkylation sites (tertiary alicyclic amines) is 1. The highest BCUT2D eigenvalue weighted by molar-refractivity contribution is 5.78. The number of carboxylic acids is 1. The lowest BCUT2D eigenvalue weighted by atomic mass is 9.98. The number of ether oxygens (including phenoxy) is 1. The Kier molecular flexibility index (Phi) is 4.53. The second-order valence-corrected chi connectivity index (χ2v) is 7.17. The van der Waals surface area contributed by atoms with Crippen molar-refractivity contribution in [3.8, 4) is 11.1 Å². The first kappa shape index (κ1) is 17.2. The number of aliphatic carboxylic acids is 1. The van der Waals surface area contributed by atoms with Gasteiger partial charge in [0.05, 0.1) is 6.61 Å². The molecule has 1 aliphatic carbocycles. The number of hydrogen-bond donors (Lipinski definition) is 2. The highest BCUT2D eigenvalue weighted by Gasteiger charge is 2.41. The molecule has 4 rings (SSSR count). The Labute approximate surface area is 152 Å². The standard InChI is InChI=1S/C21H23NO4/c1-13-10-11-22(19(13)20(23)24)21(25)26-12-18-16-8-4-2-6-14(16)15-7-3-5-9-17(15)18/h2-9,13,18-19,21,25H,10-12H2,1H3,(H,23,24)/t13-,19-,21?/m0/s1. The number of aliphatic hydroxyl groups is 1. The van der Waals surface area contributed by atoms with Crippen LogP contribution in [0.3, 0.4) is 0 Å². The van der Waals surface area contributed by atoms with E-state index in [1.54, 1.807) is 4.90 Å². The Morgan fingerprint density at radius 3 is 2.31 bits per heavy atom. The molecule has 0 saturated carbocycles. The number of aliphatic hydroxyl groups excluding tert-OH is 1. The number of fused-ring (bicyclic) bond motifs is 3. The molecule has 0 aromatic heterocycles. The van der Waals surface area contributed by atoms with E-state index < -0.39 is 18.4 Å². The topological polar surface area (TPSA) is 70.0 Å². The van der Waals surface area contributed by atoms with E-state index in [9.17, 15) is 15.0 Å². The molecule has 1 unspecified atom stereocenters. The molecule has 0 radical (unpaired) electrons. The van der Waals surface area contributed by atoms with Crippen molar-refractivity contribution in [2.24, 2.45) is 5.92 Å². The summed E-state index contributed by atoms with van der Waals surface area (Å²) in [6.07, 6.45) is -0.465. The van der Waals surface area contributed by atoms with Gasteiger partial charge >= 0.3 is 5.97 Å². The van der Waals surface area contributed by atoms with Gasteiger partial charge in [0.15, 0.2) is 0 Å². The smallest absolute Gasteiger partial charge is 0.321 e. The molecule has 5 nitrogen and oxygen atoms in total. The van der Waals surface area contributed by atoms with E-state index in [4.69, 9.17) is 4.74 Å². The molecule has 1 saturated heterocycles. The van der Waals surface area contributed by atoms with Crippen molar-refractivity contribution >= 4 is 5.97 Å². The maximum atomic E-state index is 11.5. The molecule has 136 valence electrons. The van der Waals surface area contributed by atoms with Crippen LogP contribution in [0.5, 0.6) is 0 Å². The maximum absolute atomic E-state index is 11.5. The Balaban J connectivity index is 1.52. The molecule has 2 N–H and O–H groups in total. The Morgan fingerprint density at radius 2 is 1.73 bits per heavy atom. The summed E-state index contributed by atoms with van der Waals surface area (Å²) in [4.78, 5) is 13.0. The fraction of sp³-hybridized carbons (Fsp3) is 0.381. The summed E-state index contributed by atoms with van der Waals surface area (Å²) in [5, 5.41) is 19.9. The molecular formula is C21H23NO4. The average molecular weight is 353 g/mol. The zero-order chi connectivity index (χ0) is 18.3. The molecular weight excluding hydrogens is 330 g/mol.